The fraction of sp³-hybridized carbons (Fsp3) is 0.176. The summed E-state index contributed by atoms with van der Waals surface area (Å²) in [7, 11) is 3.96. The highest BCUT2D eigenvalue weighted by Gasteiger charge is 2.52. The van der Waals surface area contributed by atoms with E-state index in [1.54, 1.807) is 18.2 Å². The lowest BCUT2D eigenvalue weighted by atomic mass is 9.60. The van der Waals surface area contributed by atoms with Crippen LogP contribution >= 0.6 is 0 Å². The number of benzene rings is 6. The maximum atomic E-state index is 11.9. The van der Waals surface area contributed by atoms with Crippen molar-refractivity contribution in [3.63, 3.8) is 0 Å². The zero-order valence-electron chi connectivity index (χ0n) is 21.7. The Morgan fingerprint density at radius 2 is 1.05 bits per heavy atom. The van der Waals surface area contributed by atoms with Gasteiger partial charge >= 0.3 is 0 Å². The lowest BCUT2D eigenvalue weighted by Gasteiger charge is -2.48. The Morgan fingerprint density at radius 3 is 1.74 bits per heavy atom. The summed E-state index contributed by atoms with van der Waals surface area (Å²) in [5, 5.41) is 52.7. The molecule has 0 radical (unpaired) electrons. The molecule has 6 aromatic carbocycles. The summed E-state index contributed by atoms with van der Waals surface area (Å²) in [6.45, 7) is 0. The smallest absolute Gasteiger partial charge is 0.123 e. The van der Waals surface area contributed by atoms with Gasteiger partial charge in [-0.2, -0.15) is 0 Å². The Kier molecular flexibility index (Phi) is 5.24. The van der Waals surface area contributed by atoms with Gasteiger partial charge in [-0.1, -0.05) is 72.8 Å². The molecule has 39 heavy (non-hydrogen) atoms. The van der Waals surface area contributed by atoms with Gasteiger partial charge in [-0.3, -0.25) is 0 Å². The van der Waals surface area contributed by atoms with Gasteiger partial charge in [0.2, 0.25) is 0 Å². The Labute approximate surface area is 225 Å². The maximum absolute atomic E-state index is 11.9. The molecular formula is C34H29NO4. The first-order chi connectivity index (χ1) is 18.9. The van der Waals surface area contributed by atoms with E-state index in [-0.39, 0.29) is 11.5 Å². The summed E-state index contributed by atoms with van der Waals surface area (Å²) in [4.78, 5) is 2.04. The summed E-state index contributed by atoms with van der Waals surface area (Å²) in [5.41, 5.74) is 2.47. The highest BCUT2D eigenvalue weighted by atomic mass is 16.3. The van der Waals surface area contributed by atoms with Crippen LogP contribution in [-0.2, 0) is 0 Å². The fourth-order valence-corrected chi connectivity index (χ4v) is 6.93. The van der Waals surface area contributed by atoms with Crippen molar-refractivity contribution < 1.29 is 20.4 Å². The summed E-state index contributed by atoms with van der Waals surface area (Å²) >= 11 is 0. The Hall–Kier alpha value is -4.32. The minimum Gasteiger partial charge on any atom is -0.507 e. The lowest BCUT2D eigenvalue weighted by Crippen LogP contribution is -2.52. The molecule has 0 aliphatic heterocycles. The molecule has 6 aromatic rings. The molecular weight excluding hydrogens is 486 g/mol. The van der Waals surface area contributed by atoms with Crippen LogP contribution in [-0.4, -0.2) is 46.7 Å². The van der Waals surface area contributed by atoms with E-state index in [2.05, 4.69) is 0 Å². The van der Waals surface area contributed by atoms with Crippen LogP contribution in [0.2, 0.25) is 0 Å². The molecule has 5 heteroatoms. The van der Waals surface area contributed by atoms with Crippen LogP contribution in [0.25, 0.3) is 43.1 Å². The third kappa shape index (κ3) is 3.27. The molecule has 0 aromatic heterocycles. The molecule has 0 spiro atoms. The Bertz CT molecular complexity index is 1920. The topological polar surface area (TPSA) is 84.2 Å². The van der Waals surface area contributed by atoms with Gasteiger partial charge in [0.1, 0.15) is 11.5 Å². The van der Waals surface area contributed by atoms with Gasteiger partial charge in [0.25, 0.3) is 0 Å². The second kappa shape index (κ2) is 8.60. The third-order valence-electron chi connectivity index (χ3n) is 8.53. The SMILES string of the molecule is CN(C)c1c2ccccc2c(C2C(O)C(c3c4ccccc4cc4cccc(O)c34)C2O)c2c(O)cccc12. The number of hydrogen-bond donors (Lipinski definition) is 4. The van der Waals surface area contributed by atoms with Gasteiger partial charge in [-0.25, -0.2) is 0 Å². The van der Waals surface area contributed by atoms with E-state index in [0.29, 0.717) is 10.8 Å². The number of nitrogens with zero attached hydrogens (tertiary/aromatic N) is 1. The van der Waals surface area contributed by atoms with Crippen LogP contribution in [0.5, 0.6) is 11.5 Å². The van der Waals surface area contributed by atoms with Crippen molar-refractivity contribution in [3.8, 4) is 11.5 Å². The zero-order valence-corrected chi connectivity index (χ0v) is 21.7. The molecule has 0 heterocycles. The van der Waals surface area contributed by atoms with Crippen LogP contribution < -0.4 is 4.90 Å². The Balaban J connectivity index is 1.50. The van der Waals surface area contributed by atoms with E-state index in [4.69, 9.17) is 0 Å². The van der Waals surface area contributed by atoms with Crippen LogP contribution in [0.15, 0.2) is 91.0 Å². The molecule has 0 bridgehead atoms. The van der Waals surface area contributed by atoms with Crippen LogP contribution in [0.3, 0.4) is 0 Å². The van der Waals surface area contributed by atoms with Crippen molar-refractivity contribution in [2.45, 2.75) is 24.0 Å². The summed E-state index contributed by atoms with van der Waals surface area (Å²) < 4.78 is 0. The minimum absolute atomic E-state index is 0.118. The highest BCUT2D eigenvalue weighted by Crippen LogP contribution is 2.56. The van der Waals surface area contributed by atoms with E-state index < -0.39 is 24.0 Å². The van der Waals surface area contributed by atoms with Gasteiger partial charge in [0.15, 0.2) is 0 Å². The Morgan fingerprint density at radius 1 is 0.538 bits per heavy atom. The van der Waals surface area contributed by atoms with Crippen molar-refractivity contribution in [3.05, 3.63) is 102 Å². The molecule has 2 atom stereocenters. The van der Waals surface area contributed by atoms with E-state index in [0.717, 1.165) is 49.1 Å². The second-order valence-corrected chi connectivity index (χ2v) is 10.8. The molecule has 4 N–H and O–H groups in total. The number of phenols is 2. The van der Waals surface area contributed by atoms with Gasteiger partial charge < -0.3 is 25.3 Å². The first kappa shape index (κ1) is 23.8. The average molecular weight is 516 g/mol. The summed E-state index contributed by atoms with van der Waals surface area (Å²) in [6, 6.07) is 28.7. The molecule has 1 saturated carbocycles. The molecule has 1 aliphatic rings. The number of phenolic OH excluding ortho intramolecular Hbond substituents is 2. The molecule has 1 aliphatic carbocycles. The largest absolute Gasteiger partial charge is 0.507 e. The van der Waals surface area contributed by atoms with Gasteiger partial charge in [-0.05, 0) is 50.9 Å². The minimum atomic E-state index is -0.940. The third-order valence-corrected chi connectivity index (χ3v) is 8.53. The molecule has 1 fully saturated rings. The fourth-order valence-electron chi connectivity index (χ4n) is 6.93. The highest BCUT2D eigenvalue weighted by molar-refractivity contribution is 6.16. The number of fused-ring (bicyclic) bond motifs is 4. The predicted octanol–water partition coefficient (Wildman–Crippen LogP) is 6.38. The monoisotopic (exact) mass is 515 g/mol. The van der Waals surface area contributed by atoms with Gasteiger partial charge in [-0.15, -0.1) is 0 Å². The van der Waals surface area contributed by atoms with Crippen molar-refractivity contribution >= 4 is 48.8 Å². The van der Waals surface area contributed by atoms with Crippen LogP contribution in [0.4, 0.5) is 5.69 Å². The number of anilines is 1. The molecule has 2 unspecified atom stereocenters. The van der Waals surface area contributed by atoms with Crippen LogP contribution in [0.1, 0.15) is 23.0 Å². The molecule has 194 valence electrons. The predicted molar refractivity (Wildman–Crippen MR) is 158 cm³/mol. The lowest BCUT2D eigenvalue weighted by molar-refractivity contribution is -0.0766. The molecule has 0 saturated heterocycles. The van der Waals surface area contributed by atoms with Crippen molar-refractivity contribution in [2.24, 2.45) is 0 Å². The summed E-state index contributed by atoms with van der Waals surface area (Å²) in [5.74, 6) is -1.01. The molecule has 0 amide bonds. The van der Waals surface area contributed by atoms with E-state index >= 15 is 0 Å². The molecule has 5 nitrogen and oxygen atoms in total. The van der Waals surface area contributed by atoms with Crippen LogP contribution in [0, 0.1) is 0 Å². The van der Waals surface area contributed by atoms with E-state index in [1.165, 1.54) is 0 Å². The first-order valence-corrected chi connectivity index (χ1v) is 13.2. The number of aromatic hydroxyl groups is 2. The van der Waals surface area contributed by atoms with Crippen molar-refractivity contribution in [1.29, 1.82) is 0 Å². The standard InChI is InChI=1S/C34H29NO4/c1-35(2)32-22-13-6-5-12-21(22)29(27-23(32)14-8-16-25(27)37)31-33(38)30(34(31)39)28-20-11-4-3-9-18(20)17-19-10-7-15-24(36)26(19)28/h3-17,30-31,33-34,36-39H,1-2H3. The number of aliphatic hydroxyl groups excluding tert-OH is 2. The van der Waals surface area contributed by atoms with Crippen molar-refractivity contribution in [2.75, 3.05) is 19.0 Å². The zero-order chi connectivity index (χ0) is 27.0. The maximum Gasteiger partial charge on any atom is 0.123 e. The van der Waals surface area contributed by atoms with E-state index in [9.17, 15) is 20.4 Å². The number of aliphatic hydroxyl groups is 2. The normalized spacial score (nSPS) is 21.0. The van der Waals surface area contributed by atoms with Gasteiger partial charge in [0, 0.05) is 47.5 Å². The quantitative estimate of drug-likeness (QED) is 0.206. The number of rotatable bonds is 3. The first-order valence-electron chi connectivity index (χ1n) is 13.2. The number of hydrogen-bond acceptors (Lipinski definition) is 5. The van der Waals surface area contributed by atoms with E-state index in [1.807, 2.05) is 91.8 Å². The van der Waals surface area contributed by atoms with Gasteiger partial charge in [0.05, 0.1) is 17.9 Å². The summed E-state index contributed by atoms with van der Waals surface area (Å²) in [6.07, 6.45) is -1.88. The van der Waals surface area contributed by atoms with Crippen molar-refractivity contribution in [1.82, 2.24) is 0 Å². The molecule has 7 rings (SSSR count). The second-order valence-electron chi connectivity index (χ2n) is 10.8. The average Bonchev–Trinajstić information content (AvgIpc) is 2.92.